The number of thiazole rings is 1. The van der Waals surface area contributed by atoms with E-state index in [1.165, 1.54) is 7.11 Å². The number of hydrogen-bond donors (Lipinski definition) is 2. The Morgan fingerprint density at radius 2 is 1.72 bits per heavy atom. The van der Waals surface area contributed by atoms with Crippen molar-refractivity contribution in [2.45, 2.75) is 12.8 Å². The van der Waals surface area contributed by atoms with Gasteiger partial charge in [0.1, 0.15) is 22.0 Å². The maximum atomic E-state index is 13.5. The highest BCUT2D eigenvalue weighted by atomic mass is 32.1. The van der Waals surface area contributed by atoms with E-state index in [1.807, 2.05) is 6.07 Å². The van der Waals surface area contributed by atoms with E-state index in [-0.39, 0.29) is 28.2 Å². The highest BCUT2D eigenvalue weighted by molar-refractivity contribution is 7.07. The number of carbonyl (C=O) groups is 2. The molecule has 0 fully saturated rings. The van der Waals surface area contributed by atoms with E-state index in [0.29, 0.717) is 27.2 Å². The standard InChI is InChI=1S/C26H25N3O6S/c1-4-35-26(32)20-19(15-8-6-10-17(13-15)34-3)21(23(28)30)25-29(22(20)27)24(31)18(36-25)12-14-7-5-9-16(11-14)33-2/h5-13,19H,4,27H2,1-3H3,(H2,28,30)/t19-/m1/s1. The van der Waals surface area contributed by atoms with Gasteiger partial charge in [-0.25, -0.2) is 4.79 Å². The number of aromatic nitrogens is 1. The first-order valence-corrected chi connectivity index (χ1v) is 11.8. The van der Waals surface area contributed by atoms with Crippen LogP contribution in [-0.2, 0) is 14.3 Å². The van der Waals surface area contributed by atoms with E-state index in [9.17, 15) is 14.4 Å². The number of esters is 1. The van der Waals surface area contributed by atoms with Gasteiger partial charge < -0.3 is 25.7 Å². The second kappa shape index (κ2) is 10.1. The Kier molecular flexibility index (Phi) is 6.98. The number of methoxy groups -OCH3 is 2. The Morgan fingerprint density at radius 1 is 1.06 bits per heavy atom. The fraction of sp³-hybridized carbons (Fsp3) is 0.192. The quantitative estimate of drug-likeness (QED) is 0.453. The van der Waals surface area contributed by atoms with Crippen LogP contribution in [0, 0.1) is 0 Å². The van der Waals surface area contributed by atoms with E-state index in [2.05, 4.69) is 0 Å². The summed E-state index contributed by atoms with van der Waals surface area (Å²) in [5.74, 6) is -1.48. The lowest BCUT2D eigenvalue weighted by atomic mass is 9.83. The van der Waals surface area contributed by atoms with Gasteiger partial charge in [-0.2, -0.15) is 0 Å². The summed E-state index contributed by atoms with van der Waals surface area (Å²) in [6.45, 7) is 1.73. The number of benzene rings is 2. The van der Waals surface area contributed by atoms with Gasteiger partial charge in [0, 0.05) is 0 Å². The smallest absolute Gasteiger partial charge is 0.338 e. The molecule has 0 saturated carbocycles. The van der Waals surface area contributed by atoms with Crippen molar-refractivity contribution in [1.82, 2.24) is 4.57 Å². The van der Waals surface area contributed by atoms with Crippen LogP contribution in [0.2, 0.25) is 0 Å². The highest BCUT2D eigenvalue weighted by Gasteiger charge is 2.38. The molecule has 1 aromatic heterocycles. The second-order valence-electron chi connectivity index (χ2n) is 7.84. The Bertz CT molecular complexity index is 1570. The summed E-state index contributed by atoms with van der Waals surface area (Å²) in [4.78, 5) is 39.4. The number of ether oxygens (including phenoxy) is 3. The molecule has 2 aromatic carbocycles. The first-order valence-electron chi connectivity index (χ1n) is 11.0. The predicted molar refractivity (Wildman–Crippen MR) is 137 cm³/mol. The molecule has 1 amide bonds. The maximum Gasteiger partial charge on any atom is 0.338 e. The first kappa shape index (κ1) is 24.8. The third-order valence-corrected chi connectivity index (χ3v) is 6.84. The summed E-state index contributed by atoms with van der Waals surface area (Å²) < 4.78 is 17.6. The lowest BCUT2D eigenvalue weighted by molar-refractivity contribution is -0.138. The van der Waals surface area contributed by atoms with Crippen LogP contribution >= 0.6 is 11.3 Å². The molecule has 0 radical (unpaired) electrons. The molecule has 1 aliphatic heterocycles. The molecule has 4 rings (SSSR count). The lowest BCUT2D eigenvalue weighted by Gasteiger charge is -2.26. The molecule has 0 aliphatic carbocycles. The molecule has 3 aromatic rings. The maximum absolute atomic E-state index is 13.5. The Balaban J connectivity index is 2.08. The van der Waals surface area contributed by atoms with E-state index in [1.54, 1.807) is 62.6 Å². The van der Waals surface area contributed by atoms with E-state index >= 15 is 0 Å². The average molecular weight is 508 g/mol. The molecular formula is C26H25N3O6S. The molecule has 4 N–H and O–H groups in total. The fourth-order valence-corrected chi connectivity index (χ4v) is 5.32. The number of rotatable bonds is 7. The molecule has 36 heavy (non-hydrogen) atoms. The van der Waals surface area contributed by atoms with Crippen molar-refractivity contribution in [2.75, 3.05) is 20.8 Å². The molecular weight excluding hydrogens is 482 g/mol. The largest absolute Gasteiger partial charge is 0.497 e. The molecule has 2 heterocycles. The van der Waals surface area contributed by atoms with Crippen LogP contribution in [0.25, 0.3) is 17.5 Å². The summed E-state index contributed by atoms with van der Waals surface area (Å²) in [5.41, 5.74) is 13.1. The molecule has 0 saturated heterocycles. The van der Waals surface area contributed by atoms with Crippen molar-refractivity contribution in [1.29, 1.82) is 0 Å². The van der Waals surface area contributed by atoms with Gasteiger partial charge in [-0.3, -0.25) is 14.2 Å². The Morgan fingerprint density at radius 3 is 2.36 bits per heavy atom. The van der Waals surface area contributed by atoms with Gasteiger partial charge in [0.05, 0.1) is 42.4 Å². The van der Waals surface area contributed by atoms with Crippen LogP contribution in [0.1, 0.15) is 24.0 Å². The predicted octanol–water partition coefficient (Wildman–Crippen LogP) is 0.880. The third kappa shape index (κ3) is 4.38. The molecule has 9 nitrogen and oxygen atoms in total. The number of amides is 1. The molecule has 0 spiro atoms. The number of hydrogen-bond acceptors (Lipinski definition) is 8. The highest BCUT2D eigenvalue weighted by Crippen LogP contribution is 2.38. The number of primary amides is 1. The van der Waals surface area contributed by atoms with Crippen molar-refractivity contribution in [3.63, 3.8) is 0 Å². The third-order valence-electron chi connectivity index (χ3n) is 5.73. The Labute approximate surface area is 210 Å². The zero-order chi connectivity index (χ0) is 26.0. The van der Waals surface area contributed by atoms with Gasteiger partial charge in [0.15, 0.2) is 0 Å². The summed E-state index contributed by atoms with van der Waals surface area (Å²) in [6, 6.07) is 14.0. The monoisotopic (exact) mass is 507 g/mol. The van der Waals surface area contributed by atoms with Crippen LogP contribution in [-0.4, -0.2) is 37.3 Å². The van der Waals surface area contributed by atoms with Crippen LogP contribution < -0.4 is 35.7 Å². The summed E-state index contributed by atoms with van der Waals surface area (Å²) in [6.07, 6.45) is 1.66. The van der Waals surface area contributed by atoms with Crippen LogP contribution in [0.3, 0.4) is 0 Å². The van der Waals surface area contributed by atoms with Crippen molar-refractivity contribution in [2.24, 2.45) is 11.5 Å². The molecule has 1 atom stereocenters. The minimum atomic E-state index is -0.959. The van der Waals surface area contributed by atoms with Crippen molar-refractivity contribution < 1.29 is 23.8 Å². The van der Waals surface area contributed by atoms with E-state index in [4.69, 9.17) is 25.7 Å². The van der Waals surface area contributed by atoms with Gasteiger partial charge in [-0.15, -0.1) is 11.3 Å². The summed E-state index contributed by atoms with van der Waals surface area (Å²) in [7, 11) is 3.06. The summed E-state index contributed by atoms with van der Waals surface area (Å²) in [5, 5.41) is 0. The topological polar surface area (TPSA) is 136 Å². The van der Waals surface area contributed by atoms with E-state index < -0.39 is 23.4 Å². The first-order chi connectivity index (χ1) is 17.3. The molecule has 10 heteroatoms. The SMILES string of the molecule is CCOC(=O)C1=C(N)n2c(sc(=Cc3cccc(OC)c3)c2=O)=C(C(N)=O)[C@@H]1c1cccc(OC)c1. The van der Waals surface area contributed by atoms with Crippen molar-refractivity contribution in [3.8, 4) is 11.5 Å². The second-order valence-corrected chi connectivity index (χ2v) is 8.87. The van der Waals surface area contributed by atoms with Gasteiger partial charge >= 0.3 is 5.97 Å². The zero-order valence-corrected chi connectivity index (χ0v) is 20.8. The lowest BCUT2D eigenvalue weighted by Crippen LogP contribution is -2.42. The molecule has 186 valence electrons. The number of fused-ring (bicyclic) bond motifs is 1. The van der Waals surface area contributed by atoms with Crippen molar-refractivity contribution >= 4 is 40.7 Å². The minimum Gasteiger partial charge on any atom is -0.497 e. The van der Waals surface area contributed by atoms with Gasteiger partial charge in [-0.05, 0) is 48.4 Å². The number of nitrogens with zero attached hydrogens (tertiary/aromatic N) is 1. The number of carbonyl (C=O) groups excluding carboxylic acids is 2. The van der Waals surface area contributed by atoms with Gasteiger partial charge in [0.2, 0.25) is 5.91 Å². The van der Waals surface area contributed by atoms with Crippen LogP contribution in [0.4, 0.5) is 0 Å². The van der Waals surface area contributed by atoms with E-state index in [0.717, 1.165) is 15.9 Å². The van der Waals surface area contributed by atoms with Crippen molar-refractivity contribution in [3.05, 3.63) is 84.8 Å². The summed E-state index contributed by atoms with van der Waals surface area (Å²) >= 11 is 1.06. The van der Waals surface area contributed by atoms with Gasteiger partial charge in [0.25, 0.3) is 5.56 Å². The number of nitrogens with two attached hydrogens (primary N) is 2. The average Bonchev–Trinajstić information content (AvgIpc) is 3.19. The fourth-order valence-electron chi connectivity index (χ4n) is 4.13. The molecule has 0 unspecified atom stereocenters. The normalized spacial score (nSPS) is 15.5. The zero-order valence-electron chi connectivity index (χ0n) is 19.9. The Hall–Kier alpha value is -4.31. The molecule has 0 bridgehead atoms. The van der Waals surface area contributed by atoms with Gasteiger partial charge in [-0.1, -0.05) is 24.3 Å². The van der Waals surface area contributed by atoms with Crippen LogP contribution in [0.15, 0.2) is 58.9 Å². The molecule has 1 aliphatic rings. The minimum absolute atomic E-state index is 0.0424. The van der Waals surface area contributed by atoms with Crippen LogP contribution in [0.5, 0.6) is 11.5 Å².